The van der Waals surface area contributed by atoms with Crippen molar-refractivity contribution in [2.24, 2.45) is 0 Å². The third-order valence-electron chi connectivity index (χ3n) is 2.26. The Balaban J connectivity index is 2.74. The summed E-state index contributed by atoms with van der Waals surface area (Å²) in [6.07, 6.45) is 2.40. The molecule has 90 valence electrons. The van der Waals surface area contributed by atoms with Gasteiger partial charge in [0.05, 0.1) is 31.4 Å². The first kappa shape index (κ1) is 12.7. The number of hydrogen-bond acceptors (Lipinski definition) is 4. The van der Waals surface area contributed by atoms with E-state index < -0.39 is 12.1 Å². The summed E-state index contributed by atoms with van der Waals surface area (Å²) in [6.45, 7) is 6.03. The second-order valence-electron chi connectivity index (χ2n) is 4.69. The van der Waals surface area contributed by atoms with Crippen molar-refractivity contribution in [3.05, 3.63) is 18.0 Å². The topological polar surface area (TPSA) is 64.3 Å². The summed E-state index contributed by atoms with van der Waals surface area (Å²) in [5.41, 5.74) is 0.490. The molecule has 1 N–H and O–H groups in total. The molecule has 0 spiro atoms. The summed E-state index contributed by atoms with van der Waals surface area (Å²) in [5, 5.41) is 13.9. The second-order valence-corrected chi connectivity index (χ2v) is 4.69. The van der Waals surface area contributed by atoms with Crippen LogP contribution in [0.25, 0.3) is 0 Å². The lowest BCUT2D eigenvalue weighted by Crippen LogP contribution is -2.22. The van der Waals surface area contributed by atoms with E-state index in [9.17, 15) is 9.90 Å². The highest BCUT2D eigenvalue weighted by Crippen LogP contribution is 2.20. The number of nitrogens with zero attached hydrogens (tertiary/aromatic N) is 2. The summed E-state index contributed by atoms with van der Waals surface area (Å²) >= 11 is 0. The highest BCUT2D eigenvalue weighted by Gasteiger charge is 2.19. The molecule has 0 aromatic carbocycles. The van der Waals surface area contributed by atoms with E-state index in [1.54, 1.807) is 17.1 Å². The lowest BCUT2D eigenvalue weighted by molar-refractivity contribution is -0.142. The van der Waals surface area contributed by atoms with Crippen molar-refractivity contribution in [1.82, 2.24) is 9.78 Å². The highest BCUT2D eigenvalue weighted by molar-refractivity contribution is 5.69. The molecule has 0 saturated heterocycles. The van der Waals surface area contributed by atoms with Crippen LogP contribution in [-0.4, -0.2) is 28.0 Å². The summed E-state index contributed by atoms with van der Waals surface area (Å²) in [7, 11) is 1.30. The van der Waals surface area contributed by atoms with Crippen LogP contribution in [0.5, 0.6) is 0 Å². The third-order valence-corrected chi connectivity index (χ3v) is 2.26. The first-order valence-electron chi connectivity index (χ1n) is 5.14. The molecule has 0 radical (unpaired) electrons. The van der Waals surface area contributed by atoms with Crippen molar-refractivity contribution < 1.29 is 14.6 Å². The van der Waals surface area contributed by atoms with E-state index in [4.69, 9.17) is 0 Å². The average molecular weight is 226 g/mol. The molecule has 1 atom stereocenters. The molecular weight excluding hydrogens is 208 g/mol. The Hall–Kier alpha value is -1.36. The van der Waals surface area contributed by atoms with Gasteiger partial charge in [-0.05, 0) is 20.8 Å². The molecule has 1 rings (SSSR count). The van der Waals surface area contributed by atoms with Crippen molar-refractivity contribution in [2.75, 3.05) is 7.11 Å². The minimum Gasteiger partial charge on any atom is -0.469 e. The molecule has 5 heteroatoms. The molecule has 0 aliphatic rings. The standard InChI is InChI=1S/C11H18N2O3/c1-11(2,3)13-7-8(6-12-13)9(14)5-10(15)16-4/h6-7,9,14H,5H2,1-4H3. The van der Waals surface area contributed by atoms with Gasteiger partial charge in [0, 0.05) is 11.8 Å². The van der Waals surface area contributed by atoms with Gasteiger partial charge in [0.1, 0.15) is 0 Å². The Labute approximate surface area is 95.0 Å². The third kappa shape index (κ3) is 3.06. The largest absolute Gasteiger partial charge is 0.469 e. The van der Waals surface area contributed by atoms with Crippen LogP contribution in [0.1, 0.15) is 38.9 Å². The lowest BCUT2D eigenvalue weighted by atomic mass is 10.1. The minimum atomic E-state index is -0.858. The quantitative estimate of drug-likeness (QED) is 0.787. The number of esters is 1. The van der Waals surface area contributed by atoms with E-state index in [1.807, 2.05) is 20.8 Å². The van der Waals surface area contributed by atoms with Gasteiger partial charge in [0.2, 0.25) is 0 Å². The normalized spacial score (nSPS) is 13.6. The predicted octanol–water partition coefficient (Wildman–Crippen LogP) is 1.23. The molecule has 5 nitrogen and oxygen atoms in total. The minimum absolute atomic E-state index is 0.0493. The second kappa shape index (κ2) is 4.65. The molecule has 0 aliphatic carbocycles. The number of methoxy groups -OCH3 is 1. The van der Waals surface area contributed by atoms with Crippen LogP contribution >= 0.6 is 0 Å². The van der Waals surface area contributed by atoms with Gasteiger partial charge in [0.15, 0.2) is 0 Å². The zero-order valence-corrected chi connectivity index (χ0v) is 10.1. The number of ether oxygens (including phenoxy) is 1. The van der Waals surface area contributed by atoms with Gasteiger partial charge in [-0.1, -0.05) is 0 Å². The molecule has 0 saturated carbocycles. The Kier molecular flexibility index (Phi) is 3.70. The number of aromatic nitrogens is 2. The lowest BCUT2D eigenvalue weighted by Gasteiger charge is -2.18. The maximum absolute atomic E-state index is 11.0. The van der Waals surface area contributed by atoms with Gasteiger partial charge in [-0.25, -0.2) is 0 Å². The van der Waals surface area contributed by atoms with E-state index in [1.165, 1.54) is 7.11 Å². The van der Waals surface area contributed by atoms with E-state index in [-0.39, 0.29) is 12.0 Å². The number of aliphatic hydroxyl groups excluding tert-OH is 1. The zero-order chi connectivity index (χ0) is 12.3. The van der Waals surface area contributed by atoms with Crippen molar-refractivity contribution in [2.45, 2.75) is 38.8 Å². The van der Waals surface area contributed by atoms with Crippen LogP contribution < -0.4 is 0 Å². The molecular formula is C11H18N2O3. The highest BCUT2D eigenvalue weighted by atomic mass is 16.5. The number of hydrogen-bond donors (Lipinski definition) is 1. The summed E-state index contributed by atoms with van der Waals surface area (Å²) < 4.78 is 6.24. The number of carbonyl (C=O) groups excluding carboxylic acids is 1. The SMILES string of the molecule is COC(=O)CC(O)c1cnn(C(C)(C)C)c1. The summed E-state index contributed by atoms with van der Waals surface area (Å²) in [5.74, 6) is -0.434. The average Bonchev–Trinajstić information content (AvgIpc) is 2.65. The van der Waals surface area contributed by atoms with Crippen LogP contribution in [0, 0.1) is 0 Å². The fraction of sp³-hybridized carbons (Fsp3) is 0.636. The predicted molar refractivity (Wildman–Crippen MR) is 58.8 cm³/mol. The van der Waals surface area contributed by atoms with E-state index in [2.05, 4.69) is 9.84 Å². The fourth-order valence-corrected chi connectivity index (χ4v) is 1.23. The first-order valence-corrected chi connectivity index (χ1v) is 5.14. The summed E-state index contributed by atoms with van der Waals surface area (Å²) in [4.78, 5) is 11.0. The molecule has 0 bridgehead atoms. The van der Waals surface area contributed by atoms with E-state index in [0.717, 1.165) is 0 Å². The maximum atomic E-state index is 11.0. The van der Waals surface area contributed by atoms with Gasteiger partial charge in [-0.2, -0.15) is 5.10 Å². The fourth-order valence-electron chi connectivity index (χ4n) is 1.23. The van der Waals surface area contributed by atoms with Crippen LogP contribution in [0.4, 0.5) is 0 Å². The van der Waals surface area contributed by atoms with Crippen LogP contribution in [0.3, 0.4) is 0 Å². The summed E-state index contributed by atoms with van der Waals surface area (Å²) in [6, 6.07) is 0. The molecule has 1 aromatic heterocycles. The number of carbonyl (C=O) groups is 1. The smallest absolute Gasteiger partial charge is 0.308 e. The molecule has 1 unspecified atom stereocenters. The van der Waals surface area contributed by atoms with Crippen molar-refractivity contribution in [3.8, 4) is 0 Å². The molecule has 0 aliphatic heterocycles. The Morgan fingerprint density at radius 3 is 2.69 bits per heavy atom. The molecule has 16 heavy (non-hydrogen) atoms. The molecule has 0 amide bonds. The van der Waals surface area contributed by atoms with Gasteiger partial charge in [0.25, 0.3) is 0 Å². The van der Waals surface area contributed by atoms with Gasteiger partial charge in [-0.3, -0.25) is 9.48 Å². The van der Waals surface area contributed by atoms with Gasteiger partial charge >= 0.3 is 5.97 Å². The van der Waals surface area contributed by atoms with E-state index >= 15 is 0 Å². The Bertz CT molecular complexity index is 366. The van der Waals surface area contributed by atoms with Gasteiger partial charge < -0.3 is 9.84 Å². The van der Waals surface area contributed by atoms with Crippen LogP contribution in [0.15, 0.2) is 12.4 Å². The molecule has 0 fully saturated rings. The number of aliphatic hydroxyl groups is 1. The van der Waals surface area contributed by atoms with Crippen molar-refractivity contribution >= 4 is 5.97 Å². The Morgan fingerprint density at radius 2 is 2.25 bits per heavy atom. The molecule has 1 heterocycles. The monoisotopic (exact) mass is 226 g/mol. The Morgan fingerprint density at radius 1 is 1.62 bits per heavy atom. The van der Waals surface area contributed by atoms with Crippen molar-refractivity contribution in [1.29, 1.82) is 0 Å². The zero-order valence-electron chi connectivity index (χ0n) is 10.1. The van der Waals surface area contributed by atoms with Gasteiger partial charge in [-0.15, -0.1) is 0 Å². The molecule has 1 aromatic rings. The van der Waals surface area contributed by atoms with Crippen LogP contribution in [-0.2, 0) is 15.1 Å². The maximum Gasteiger partial charge on any atom is 0.308 e. The van der Waals surface area contributed by atoms with E-state index in [0.29, 0.717) is 5.56 Å². The van der Waals surface area contributed by atoms with Crippen molar-refractivity contribution in [3.63, 3.8) is 0 Å². The first-order chi connectivity index (χ1) is 7.34. The number of rotatable bonds is 3. The van der Waals surface area contributed by atoms with Crippen LogP contribution in [0.2, 0.25) is 0 Å².